The molecule has 0 saturated carbocycles. The van der Waals surface area contributed by atoms with Crippen LogP contribution in [0.25, 0.3) is 10.6 Å². The maximum Gasteiger partial charge on any atom is 0.245 e. The largest absolute Gasteiger partial charge is 0.493 e. The van der Waals surface area contributed by atoms with Crippen molar-refractivity contribution in [1.29, 1.82) is 0 Å². The number of nitrogens with zero attached hydrogens (tertiary/aromatic N) is 2. The number of nitrogens with one attached hydrogen (secondary N) is 2. The number of aromatic nitrogens is 1. The van der Waals surface area contributed by atoms with Gasteiger partial charge in [-0.05, 0) is 41.7 Å². The van der Waals surface area contributed by atoms with E-state index in [1.165, 1.54) is 7.11 Å². The minimum Gasteiger partial charge on any atom is -0.493 e. The average Bonchev–Trinajstić information content (AvgIpc) is 3.42. The molecule has 3 aromatic rings. The molecule has 1 heterocycles. The van der Waals surface area contributed by atoms with Gasteiger partial charge in [-0.2, -0.15) is 0 Å². The minimum atomic E-state index is -0.733. The second-order valence-electron chi connectivity index (χ2n) is 8.83. The van der Waals surface area contributed by atoms with E-state index in [0.29, 0.717) is 24.5 Å². The summed E-state index contributed by atoms with van der Waals surface area (Å²) in [5.41, 5.74) is 8.68. The molecule has 1 unspecified atom stereocenters. The highest BCUT2D eigenvalue weighted by atomic mass is 32.1. The van der Waals surface area contributed by atoms with E-state index in [-0.39, 0.29) is 30.1 Å². The van der Waals surface area contributed by atoms with E-state index < -0.39 is 6.04 Å². The number of benzene rings is 2. The molecule has 4 N–H and O–H groups in total. The molecule has 3 rings (SSSR count). The molecule has 0 aliphatic rings. The molecule has 2 amide bonds. The number of hydrogen-bond acceptors (Lipinski definition) is 7. The normalized spacial score (nSPS) is 12.2. The molecule has 0 spiro atoms. The van der Waals surface area contributed by atoms with Gasteiger partial charge >= 0.3 is 0 Å². The highest BCUT2D eigenvalue weighted by Crippen LogP contribution is 2.27. The summed E-state index contributed by atoms with van der Waals surface area (Å²) in [6.45, 7) is 4.34. The molecule has 0 radical (unpaired) electrons. The first kappa shape index (κ1) is 27.7. The summed E-state index contributed by atoms with van der Waals surface area (Å²) in [5, 5.41) is 8.37. The molecule has 1 atom stereocenters. The molecule has 0 saturated heterocycles. The quantitative estimate of drug-likeness (QED) is 0.261. The molecule has 0 bridgehead atoms. The molecule has 0 fully saturated rings. The van der Waals surface area contributed by atoms with Crippen LogP contribution in [0.1, 0.15) is 31.4 Å². The number of rotatable bonds is 11. The molecule has 0 aliphatic heterocycles. The number of amides is 2. The molecule has 0 aliphatic carbocycles. The lowest BCUT2D eigenvalue weighted by Crippen LogP contribution is -2.41. The van der Waals surface area contributed by atoms with Gasteiger partial charge in [0.1, 0.15) is 11.0 Å². The van der Waals surface area contributed by atoms with E-state index in [4.69, 9.17) is 15.2 Å². The van der Waals surface area contributed by atoms with Crippen molar-refractivity contribution in [2.45, 2.75) is 39.3 Å². The minimum absolute atomic E-state index is 0.0626. The Hall–Kier alpha value is -3.92. The van der Waals surface area contributed by atoms with Crippen molar-refractivity contribution < 1.29 is 19.1 Å². The van der Waals surface area contributed by atoms with Crippen molar-refractivity contribution in [2.24, 2.45) is 16.6 Å². The second kappa shape index (κ2) is 13.4. The number of ether oxygens (including phenoxy) is 2. The van der Waals surface area contributed by atoms with Gasteiger partial charge in [-0.3, -0.25) is 14.9 Å². The van der Waals surface area contributed by atoms with Gasteiger partial charge in [0.25, 0.3) is 0 Å². The van der Waals surface area contributed by atoms with Crippen molar-refractivity contribution in [3.05, 3.63) is 65.2 Å². The number of aliphatic imine (C=N–C) groups is 1. The third-order valence-electron chi connectivity index (χ3n) is 5.45. The number of carbonyl (C=O) groups is 2. The fourth-order valence-corrected chi connectivity index (χ4v) is 4.35. The summed E-state index contributed by atoms with van der Waals surface area (Å²) < 4.78 is 10.5. The van der Waals surface area contributed by atoms with Crippen LogP contribution in [-0.4, -0.2) is 43.0 Å². The average molecular weight is 524 g/mol. The molecular weight excluding hydrogens is 490 g/mol. The summed E-state index contributed by atoms with van der Waals surface area (Å²) in [6.07, 6.45) is 2.31. The molecule has 9 nitrogen and oxygen atoms in total. The predicted molar refractivity (Wildman–Crippen MR) is 146 cm³/mol. The van der Waals surface area contributed by atoms with Gasteiger partial charge in [0, 0.05) is 23.7 Å². The van der Waals surface area contributed by atoms with Crippen LogP contribution < -0.4 is 25.8 Å². The Morgan fingerprint density at radius 3 is 2.54 bits per heavy atom. The van der Waals surface area contributed by atoms with E-state index in [9.17, 15) is 9.59 Å². The first-order chi connectivity index (χ1) is 17.8. The molecule has 37 heavy (non-hydrogen) atoms. The molecule has 196 valence electrons. The predicted octanol–water partition coefficient (Wildman–Crippen LogP) is 3.53. The number of thiazole rings is 1. The summed E-state index contributed by atoms with van der Waals surface area (Å²) in [4.78, 5) is 34.2. The van der Waals surface area contributed by atoms with Crippen LogP contribution in [-0.2, 0) is 22.6 Å². The van der Waals surface area contributed by atoms with Crippen LogP contribution in [0.15, 0.2) is 59.0 Å². The topological polar surface area (TPSA) is 128 Å². The zero-order valence-corrected chi connectivity index (χ0v) is 22.3. The summed E-state index contributed by atoms with van der Waals surface area (Å²) in [6, 6.07) is 12.4. The number of carbonyl (C=O) groups excluding carboxylic acids is 2. The summed E-state index contributed by atoms with van der Waals surface area (Å²) in [7, 11) is 3.08. The third-order valence-corrected chi connectivity index (χ3v) is 6.27. The Balaban J connectivity index is 1.62. The SMILES string of the molecule is COc1ccc(CC(=O)NC(N)=NC(CC(C)C)C(=O)NCc2cccc(-c3nccs3)c2)cc1OC. The van der Waals surface area contributed by atoms with Gasteiger partial charge in [-0.15, -0.1) is 11.3 Å². The molecule has 10 heteroatoms. The van der Waals surface area contributed by atoms with Gasteiger partial charge < -0.3 is 20.5 Å². The standard InChI is InChI=1S/C27H33N5O4S/c1-17(2)12-21(25(34)30-16-19-6-5-7-20(13-19)26-29-10-11-37-26)31-27(28)32-24(33)15-18-8-9-22(35-3)23(14-18)36-4/h5-11,13-14,17,21H,12,15-16H2,1-4H3,(H,30,34)(H3,28,31,32,33). The van der Waals surface area contributed by atoms with Crippen molar-refractivity contribution >= 4 is 29.1 Å². The third kappa shape index (κ3) is 8.32. The van der Waals surface area contributed by atoms with Crippen LogP contribution in [0, 0.1) is 5.92 Å². The van der Waals surface area contributed by atoms with Crippen molar-refractivity contribution in [2.75, 3.05) is 14.2 Å². The molecular formula is C27H33N5O4S. The lowest BCUT2D eigenvalue weighted by molar-refractivity contribution is -0.123. The van der Waals surface area contributed by atoms with Crippen LogP contribution in [0.4, 0.5) is 0 Å². The Morgan fingerprint density at radius 2 is 1.86 bits per heavy atom. The Labute approximate surface area is 221 Å². The van der Waals surface area contributed by atoms with Crippen molar-refractivity contribution in [1.82, 2.24) is 15.6 Å². The lowest BCUT2D eigenvalue weighted by Gasteiger charge is -2.16. The zero-order valence-electron chi connectivity index (χ0n) is 21.5. The van der Waals surface area contributed by atoms with Crippen molar-refractivity contribution in [3.8, 4) is 22.1 Å². The fraction of sp³-hybridized carbons (Fsp3) is 0.333. The van der Waals surface area contributed by atoms with Crippen molar-refractivity contribution in [3.63, 3.8) is 0 Å². The Bertz CT molecular complexity index is 1230. The number of nitrogens with two attached hydrogens (primary N) is 1. The number of guanidine groups is 1. The number of methoxy groups -OCH3 is 2. The second-order valence-corrected chi connectivity index (χ2v) is 9.72. The summed E-state index contributed by atoms with van der Waals surface area (Å²) in [5.74, 6) is 0.590. The summed E-state index contributed by atoms with van der Waals surface area (Å²) >= 11 is 1.56. The zero-order chi connectivity index (χ0) is 26.8. The first-order valence-electron chi connectivity index (χ1n) is 11.9. The van der Waals surface area contributed by atoms with E-state index in [0.717, 1.165) is 21.7 Å². The van der Waals surface area contributed by atoms with Gasteiger partial charge in [-0.25, -0.2) is 9.98 Å². The van der Waals surface area contributed by atoms with Gasteiger partial charge in [0.15, 0.2) is 17.5 Å². The smallest absolute Gasteiger partial charge is 0.245 e. The van der Waals surface area contributed by atoms with Gasteiger partial charge in [0.05, 0.1) is 20.6 Å². The molecule has 1 aromatic heterocycles. The van der Waals surface area contributed by atoms with E-state index in [1.807, 2.05) is 43.5 Å². The Morgan fingerprint density at radius 1 is 1.08 bits per heavy atom. The van der Waals surface area contributed by atoms with Gasteiger partial charge in [0.2, 0.25) is 11.8 Å². The maximum absolute atomic E-state index is 13.0. The fourth-order valence-electron chi connectivity index (χ4n) is 3.72. The van der Waals surface area contributed by atoms with Crippen LogP contribution in [0.2, 0.25) is 0 Å². The molecule has 2 aromatic carbocycles. The van der Waals surface area contributed by atoms with Crippen LogP contribution in [0.5, 0.6) is 11.5 Å². The van der Waals surface area contributed by atoms with E-state index in [1.54, 1.807) is 42.8 Å². The van der Waals surface area contributed by atoms with Gasteiger partial charge in [-0.1, -0.05) is 38.1 Å². The first-order valence-corrected chi connectivity index (χ1v) is 12.8. The monoisotopic (exact) mass is 523 g/mol. The highest BCUT2D eigenvalue weighted by Gasteiger charge is 2.20. The maximum atomic E-state index is 13.0. The van der Waals surface area contributed by atoms with E-state index >= 15 is 0 Å². The Kier molecular flexibility index (Phi) is 10.0. The number of hydrogen-bond donors (Lipinski definition) is 3. The lowest BCUT2D eigenvalue weighted by atomic mass is 10.0. The van der Waals surface area contributed by atoms with E-state index in [2.05, 4.69) is 20.6 Å². The van der Waals surface area contributed by atoms with Crippen LogP contribution in [0.3, 0.4) is 0 Å². The van der Waals surface area contributed by atoms with Crippen LogP contribution >= 0.6 is 11.3 Å². The highest BCUT2D eigenvalue weighted by molar-refractivity contribution is 7.13.